The van der Waals surface area contributed by atoms with E-state index >= 15 is 0 Å². The molecule has 1 aliphatic heterocycles. The summed E-state index contributed by atoms with van der Waals surface area (Å²) in [5.41, 5.74) is 1.46. The van der Waals surface area contributed by atoms with Gasteiger partial charge in [-0.1, -0.05) is 24.3 Å². The second kappa shape index (κ2) is 9.82. The number of hydrogen-bond acceptors (Lipinski definition) is 5. The van der Waals surface area contributed by atoms with Crippen LogP contribution in [0.1, 0.15) is 17.3 Å². The van der Waals surface area contributed by atoms with E-state index in [1.54, 1.807) is 29.2 Å². The lowest BCUT2D eigenvalue weighted by molar-refractivity contribution is -0.130. The van der Waals surface area contributed by atoms with Crippen LogP contribution in [0.25, 0.3) is 0 Å². The summed E-state index contributed by atoms with van der Waals surface area (Å²) in [7, 11) is 1.51. The number of ether oxygens (including phenoxy) is 2. The molecule has 0 atom stereocenters. The molecule has 0 spiro atoms. The Hall–Kier alpha value is -3.22. The van der Waals surface area contributed by atoms with Gasteiger partial charge in [0, 0.05) is 26.2 Å². The highest BCUT2D eigenvalue weighted by atomic mass is 16.5. The molecule has 0 radical (unpaired) electrons. The Bertz CT molecular complexity index is 847. The molecule has 2 aromatic carbocycles. The molecular formula is C22H27N3O4. The van der Waals surface area contributed by atoms with Gasteiger partial charge >= 0.3 is 0 Å². The third-order valence-corrected chi connectivity index (χ3v) is 4.89. The number of carbonyl (C=O) groups is 2. The summed E-state index contributed by atoms with van der Waals surface area (Å²) in [4.78, 5) is 28.9. The lowest BCUT2D eigenvalue weighted by Crippen LogP contribution is -2.51. The molecule has 1 N–H and O–H groups in total. The van der Waals surface area contributed by atoms with E-state index in [1.807, 2.05) is 31.2 Å². The van der Waals surface area contributed by atoms with Crippen LogP contribution in [-0.4, -0.2) is 63.2 Å². The van der Waals surface area contributed by atoms with Crippen molar-refractivity contribution in [1.82, 2.24) is 10.2 Å². The molecule has 0 bridgehead atoms. The maximum atomic E-state index is 12.5. The molecule has 2 aromatic rings. The molecule has 154 valence electrons. The summed E-state index contributed by atoms with van der Waals surface area (Å²) in [6, 6.07) is 14.9. The van der Waals surface area contributed by atoms with E-state index in [-0.39, 0.29) is 18.4 Å². The Morgan fingerprint density at radius 3 is 2.31 bits per heavy atom. The van der Waals surface area contributed by atoms with Crippen LogP contribution in [-0.2, 0) is 4.79 Å². The van der Waals surface area contributed by atoms with Crippen molar-refractivity contribution in [1.29, 1.82) is 0 Å². The largest absolute Gasteiger partial charge is 0.496 e. The van der Waals surface area contributed by atoms with Gasteiger partial charge < -0.3 is 24.6 Å². The minimum absolute atomic E-state index is 0.0353. The van der Waals surface area contributed by atoms with Crippen LogP contribution in [0.15, 0.2) is 48.5 Å². The second-order valence-electron chi connectivity index (χ2n) is 6.65. The van der Waals surface area contributed by atoms with Gasteiger partial charge in [0.1, 0.15) is 11.5 Å². The van der Waals surface area contributed by atoms with Gasteiger partial charge in [0.15, 0.2) is 0 Å². The number of nitrogens with zero attached hydrogens (tertiary/aromatic N) is 2. The zero-order valence-corrected chi connectivity index (χ0v) is 16.9. The molecule has 1 fully saturated rings. The zero-order valence-electron chi connectivity index (χ0n) is 16.9. The van der Waals surface area contributed by atoms with Crippen LogP contribution in [0.3, 0.4) is 0 Å². The Morgan fingerprint density at radius 2 is 1.62 bits per heavy atom. The molecule has 1 saturated heterocycles. The standard InChI is InChI=1S/C22H27N3O4/c1-3-29-20-11-7-5-9-18(20)24-12-14-25(15-13-24)21(26)16-23-22(27)17-8-4-6-10-19(17)28-2/h4-11H,3,12-16H2,1-2H3,(H,23,27). The van der Waals surface area contributed by atoms with Gasteiger partial charge in [0.2, 0.25) is 5.91 Å². The monoisotopic (exact) mass is 397 g/mol. The highest BCUT2D eigenvalue weighted by Gasteiger charge is 2.23. The predicted molar refractivity (Wildman–Crippen MR) is 112 cm³/mol. The number of piperazine rings is 1. The molecule has 7 nitrogen and oxygen atoms in total. The summed E-state index contributed by atoms with van der Waals surface area (Å²) < 4.78 is 10.9. The van der Waals surface area contributed by atoms with Crippen molar-refractivity contribution in [2.45, 2.75) is 6.92 Å². The molecule has 3 rings (SSSR count). The molecular weight excluding hydrogens is 370 g/mol. The van der Waals surface area contributed by atoms with Crippen molar-refractivity contribution in [3.63, 3.8) is 0 Å². The minimum Gasteiger partial charge on any atom is -0.496 e. The van der Waals surface area contributed by atoms with Crippen LogP contribution < -0.4 is 19.7 Å². The molecule has 0 unspecified atom stereocenters. The van der Waals surface area contributed by atoms with Crippen LogP contribution in [0, 0.1) is 0 Å². The topological polar surface area (TPSA) is 71.1 Å². The van der Waals surface area contributed by atoms with Gasteiger partial charge in [0.05, 0.1) is 31.5 Å². The lowest BCUT2D eigenvalue weighted by atomic mass is 10.2. The summed E-state index contributed by atoms with van der Waals surface area (Å²) in [5, 5.41) is 2.70. The third kappa shape index (κ3) is 4.99. The summed E-state index contributed by atoms with van der Waals surface area (Å²) >= 11 is 0. The van der Waals surface area contributed by atoms with Crippen molar-refractivity contribution < 1.29 is 19.1 Å². The number of rotatable bonds is 7. The zero-order chi connectivity index (χ0) is 20.6. The molecule has 0 saturated carbocycles. The highest BCUT2D eigenvalue weighted by molar-refractivity contribution is 5.98. The maximum absolute atomic E-state index is 12.5. The number of amides is 2. The quantitative estimate of drug-likeness (QED) is 0.775. The molecule has 29 heavy (non-hydrogen) atoms. The van der Waals surface area contributed by atoms with E-state index in [9.17, 15) is 9.59 Å². The second-order valence-corrected chi connectivity index (χ2v) is 6.65. The van der Waals surface area contributed by atoms with E-state index in [4.69, 9.17) is 9.47 Å². The fraction of sp³-hybridized carbons (Fsp3) is 0.364. The number of benzene rings is 2. The van der Waals surface area contributed by atoms with E-state index in [0.717, 1.165) is 24.5 Å². The average Bonchev–Trinajstić information content (AvgIpc) is 2.78. The van der Waals surface area contributed by atoms with Gasteiger partial charge in [0.25, 0.3) is 5.91 Å². The Balaban J connectivity index is 1.52. The van der Waals surface area contributed by atoms with Gasteiger partial charge in [-0.05, 0) is 31.2 Å². The molecule has 1 heterocycles. The van der Waals surface area contributed by atoms with E-state index in [0.29, 0.717) is 31.0 Å². The molecule has 7 heteroatoms. The fourth-order valence-corrected chi connectivity index (χ4v) is 3.39. The summed E-state index contributed by atoms with van der Waals surface area (Å²) in [6.07, 6.45) is 0. The minimum atomic E-state index is -0.319. The van der Waals surface area contributed by atoms with Gasteiger partial charge in [-0.3, -0.25) is 9.59 Å². The van der Waals surface area contributed by atoms with Crippen molar-refractivity contribution >= 4 is 17.5 Å². The molecule has 0 aromatic heterocycles. The number of para-hydroxylation sites is 3. The Kier molecular flexibility index (Phi) is 6.94. The predicted octanol–water partition coefficient (Wildman–Crippen LogP) is 2.17. The van der Waals surface area contributed by atoms with Gasteiger partial charge in [-0.15, -0.1) is 0 Å². The molecule has 0 aliphatic carbocycles. The number of nitrogens with one attached hydrogen (secondary N) is 1. The first-order chi connectivity index (χ1) is 14.1. The van der Waals surface area contributed by atoms with Crippen LogP contribution in [0.5, 0.6) is 11.5 Å². The number of anilines is 1. The van der Waals surface area contributed by atoms with Crippen LogP contribution in [0.2, 0.25) is 0 Å². The van der Waals surface area contributed by atoms with Crippen LogP contribution >= 0.6 is 0 Å². The van der Waals surface area contributed by atoms with E-state index < -0.39 is 0 Å². The first kappa shape index (κ1) is 20.5. The lowest BCUT2D eigenvalue weighted by Gasteiger charge is -2.36. The summed E-state index contributed by atoms with van der Waals surface area (Å²) in [6.45, 7) is 5.18. The van der Waals surface area contributed by atoms with Crippen molar-refractivity contribution in [3.05, 3.63) is 54.1 Å². The van der Waals surface area contributed by atoms with Gasteiger partial charge in [-0.2, -0.15) is 0 Å². The summed E-state index contributed by atoms with van der Waals surface area (Å²) in [5.74, 6) is 0.934. The van der Waals surface area contributed by atoms with E-state index in [2.05, 4.69) is 10.2 Å². The van der Waals surface area contributed by atoms with Crippen LogP contribution in [0.4, 0.5) is 5.69 Å². The first-order valence-electron chi connectivity index (χ1n) is 9.79. The first-order valence-corrected chi connectivity index (χ1v) is 9.79. The van der Waals surface area contributed by atoms with Crippen molar-refractivity contribution in [3.8, 4) is 11.5 Å². The van der Waals surface area contributed by atoms with Crippen molar-refractivity contribution in [2.24, 2.45) is 0 Å². The normalized spacial score (nSPS) is 13.7. The average molecular weight is 397 g/mol. The third-order valence-electron chi connectivity index (χ3n) is 4.89. The van der Waals surface area contributed by atoms with Crippen molar-refractivity contribution in [2.75, 3.05) is 51.3 Å². The van der Waals surface area contributed by atoms with E-state index in [1.165, 1.54) is 7.11 Å². The smallest absolute Gasteiger partial charge is 0.255 e. The number of methoxy groups -OCH3 is 1. The van der Waals surface area contributed by atoms with Gasteiger partial charge in [-0.25, -0.2) is 0 Å². The number of hydrogen-bond donors (Lipinski definition) is 1. The number of carbonyl (C=O) groups excluding carboxylic acids is 2. The SMILES string of the molecule is CCOc1ccccc1N1CCN(C(=O)CNC(=O)c2ccccc2OC)CC1. The Labute approximate surface area is 171 Å². The molecule has 1 aliphatic rings. The Morgan fingerprint density at radius 1 is 0.966 bits per heavy atom. The molecule has 2 amide bonds. The maximum Gasteiger partial charge on any atom is 0.255 e. The highest BCUT2D eigenvalue weighted by Crippen LogP contribution is 2.28. The fourth-order valence-electron chi connectivity index (χ4n) is 3.39.